The SMILES string of the molecule is CCNC(=NCC1CCCN(C(=O)OC(C)(C)C)C1)N1CCC(C(=O)OC)CC1.I. The number of guanidine groups is 1. The first-order chi connectivity index (χ1) is 13.7. The van der Waals surface area contributed by atoms with Gasteiger partial charge in [-0.05, 0) is 59.3 Å². The van der Waals surface area contributed by atoms with Gasteiger partial charge in [-0.15, -0.1) is 24.0 Å². The van der Waals surface area contributed by atoms with Crippen LogP contribution in [0, 0.1) is 11.8 Å². The van der Waals surface area contributed by atoms with Gasteiger partial charge in [0.15, 0.2) is 5.96 Å². The highest BCUT2D eigenvalue weighted by molar-refractivity contribution is 14.0. The van der Waals surface area contributed by atoms with Gasteiger partial charge in [0, 0.05) is 39.3 Å². The summed E-state index contributed by atoms with van der Waals surface area (Å²) in [6.07, 6.45) is 3.37. The molecule has 0 saturated carbocycles. The predicted octanol–water partition coefficient (Wildman–Crippen LogP) is 3.10. The van der Waals surface area contributed by atoms with E-state index in [-0.39, 0.29) is 42.0 Å². The Bertz CT molecular complexity index is 586. The highest BCUT2D eigenvalue weighted by atomic mass is 127. The van der Waals surface area contributed by atoms with E-state index in [1.165, 1.54) is 7.11 Å². The summed E-state index contributed by atoms with van der Waals surface area (Å²) < 4.78 is 10.4. The number of nitrogens with zero attached hydrogens (tertiary/aromatic N) is 3. The normalized spacial score (nSPS) is 21.0. The molecule has 1 unspecified atom stereocenters. The molecule has 1 atom stereocenters. The Morgan fingerprint density at radius 1 is 1.10 bits per heavy atom. The van der Waals surface area contributed by atoms with E-state index in [0.29, 0.717) is 19.0 Å². The first-order valence-electron chi connectivity index (χ1n) is 10.8. The molecule has 174 valence electrons. The van der Waals surface area contributed by atoms with Gasteiger partial charge in [0.05, 0.1) is 13.0 Å². The minimum atomic E-state index is -0.475. The maximum atomic E-state index is 12.4. The lowest BCUT2D eigenvalue weighted by Gasteiger charge is -2.35. The van der Waals surface area contributed by atoms with Crippen LogP contribution in [0.15, 0.2) is 4.99 Å². The molecule has 1 amide bonds. The molecular weight excluding hydrogens is 499 g/mol. The van der Waals surface area contributed by atoms with E-state index in [1.807, 2.05) is 25.7 Å². The lowest BCUT2D eigenvalue weighted by molar-refractivity contribution is -0.146. The Labute approximate surface area is 198 Å². The van der Waals surface area contributed by atoms with E-state index < -0.39 is 5.60 Å². The van der Waals surface area contributed by atoms with Crippen molar-refractivity contribution in [3.8, 4) is 0 Å². The van der Waals surface area contributed by atoms with Crippen molar-refractivity contribution in [3.63, 3.8) is 0 Å². The number of nitrogens with one attached hydrogen (secondary N) is 1. The van der Waals surface area contributed by atoms with Crippen molar-refractivity contribution >= 4 is 42.0 Å². The van der Waals surface area contributed by atoms with Crippen LogP contribution in [0.3, 0.4) is 0 Å². The molecule has 0 aromatic carbocycles. The Morgan fingerprint density at radius 2 is 1.77 bits per heavy atom. The van der Waals surface area contributed by atoms with Gasteiger partial charge in [-0.1, -0.05) is 0 Å². The van der Waals surface area contributed by atoms with E-state index in [1.54, 1.807) is 0 Å². The van der Waals surface area contributed by atoms with Gasteiger partial charge in [0.1, 0.15) is 5.60 Å². The molecule has 2 saturated heterocycles. The van der Waals surface area contributed by atoms with Crippen LogP contribution < -0.4 is 5.32 Å². The van der Waals surface area contributed by atoms with Crippen molar-refractivity contribution in [2.24, 2.45) is 16.8 Å². The number of carbonyl (C=O) groups excluding carboxylic acids is 2. The molecule has 0 bridgehead atoms. The van der Waals surface area contributed by atoms with Crippen molar-refractivity contribution in [2.75, 3.05) is 46.4 Å². The lowest BCUT2D eigenvalue weighted by atomic mass is 9.97. The predicted molar refractivity (Wildman–Crippen MR) is 128 cm³/mol. The van der Waals surface area contributed by atoms with Gasteiger partial charge < -0.3 is 24.6 Å². The third kappa shape index (κ3) is 8.47. The largest absolute Gasteiger partial charge is 0.469 e. The summed E-state index contributed by atoms with van der Waals surface area (Å²) in [7, 11) is 1.45. The zero-order chi connectivity index (χ0) is 21.4. The summed E-state index contributed by atoms with van der Waals surface area (Å²) in [6, 6.07) is 0. The molecule has 2 aliphatic heterocycles. The lowest BCUT2D eigenvalue weighted by Crippen LogP contribution is -2.47. The van der Waals surface area contributed by atoms with Crippen molar-refractivity contribution in [1.29, 1.82) is 0 Å². The fraction of sp³-hybridized carbons (Fsp3) is 0.857. The highest BCUT2D eigenvalue weighted by Crippen LogP contribution is 2.21. The number of ether oxygens (including phenoxy) is 2. The number of esters is 1. The summed E-state index contributed by atoms with van der Waals surface area (Å²) in [5.74, 6) is 1.10. The smallest absolute Gasteiger partial charge is 0.410 e. The second-order valence-electron chi connectivity index (χ2n) is 8.91. The summed E-state index contributed by atoms with van der Waals surface area (Å²) in [5, 5.41) is 3.37. The number of amides is 1. The van der Waals surface area contributed by atoms with Gasteiger partial charge in [-0.25, -0.2) is 4.79 Å². The fourth-order valence-electron chi connectivity index (χ4n) is 3.84. The van der Waals surface area contributed by atoms with Gasteiger partial charge in [-0.2, -0.15) is 0 Å². The molecule has 0 aromatic heterocycles. The second-order valence-corrected chi connectivity index (χ2v) is 8.91. The van der Waals surface area contributed by atoms with Crippen LogP contribution in [0.4, 0.5) is 4.79 Å². The zero-order valence-electron chi connectivity index (χ0n) is 19.1. The van der Waals surface area contributed by atoms with Crippen molar-refractivity contribution in [1.82, 2.24) is 15.1 Å². The average Bonchev–Trinajstić information content (AvgIpc) is 2.69. The maximum absolute atomic E-state index is 12.4. The first-order valence-corrected chi connectivity index (χ1v) is 10.8. The molecular formula is C21H39IN4O4. The minimum Gasteiger partial charge on any atom is -0.469 e. The van der Waals surface area contributed by atoms with Gasteiger partial charge >= 0.3 is 12.1 Å². The van der Waals surface area contributed by atoms with Crippen molar-refractivity contribution < 1.29 is 19.1 Å². The highest BCUT2D eigenvalue weighted by Gasteiger charge is 2.29. The molecule has 0 aliphatic carbocycles. The second kappa shape index (κ2) is 12.6. The number of hydrogen-bond acceptors (Lipinski definition) is 5. The van der Waals surface area contributed by atoms with Crippen LogP contribution in [0.2, 0.25) is 0 Å². The van der Waals surface area contributed by atoms with Gasteiger partial charge in [-0.3, -0.25) is 9.79 Å². The summed E-state index contributed by atoms with van der Waals surface area (Å²) in [5.41, 5.74) is -0.475. The van der Waals surface area contributed by atoms with Crippen LogP contribution >= 0.6 is 24.0 Å². The molecule has 2 heterocycles. The number of piperidine rings is 2. The molecule has 9 heteroatoms. The molecule has 1 N–H and O–H groups in total. The number of hydrogen-bond donors (Lipinski definition) is 1. The number of likely N-dealkylation sites (tertiary alicyclic amines) is 2. The van der Waals surface area contributed by atoms with E-state index in [9.17, 15) is 9.59 Å². The summed E-state index contributed by atoms with van der Waals surface area (Å²) in [4.78, 5) is 33.0. The monoisotopic (exact) mass is 538 g/mol. The van der Waals surface area contributed by atoms with Crippen LogP contribution in [-0.4, -0.2) is 79.8 Å². The third-order valence-electron chi connectivity index (χ3n) is 5.33. The van der Waals surface area contributed by atoms with E-state index in [0.717, 1.165) is 57.8 Å². The van der Waals surface area contributed by atoms with Crippen LogP contribution in [0.5, 0.6) is 0 Å². The van der Waals surface area contributed by atoms with Gasteiger partial charge in [0.2, 0.25) is 0 Å². The summed E-state index contributed by atoms with van der Waals surface area (Å²) >= 11 is 0. The number of methoxy groups -OCH3 is 1. The minimum absolute atomic E-state index is 0. The molecule has 0 spiro atoms. The molecule has 8 nitrogen and oxygen atoms in total. The van der Waals surface area contributed by atoms with Crippen LogP contribution in [0.25, 0.3) is 0 Å². The van der Waals surface area contributed by atoms with Crippen molar-refractivity contribution in [2.45, 2.75) is 59.0 Å². The Kier molecular flexibility index (Phi) is 11.2. The van der Waals surface area contributed by atoms with E-state index in [4.69, 9.17) is 14.5 Å². The number of aliphatic imine (C=N–C) groups is 1. The van der Waals surface area contributed by atoms with Gasteiger partial charge in [0.25, 0.3) is 0 Å². The maximum Gasteiger partial charge on any atom is 0.410 e. The standard InChI is InChI=1S/C21H38N4O4.HI/c1-6-22-19(24-12-9-17(10-13-24)18(26)28-5)23-14-16-8-7-11-25(15-16)20(27)29-21(2,3)4;/h16-17H,6-15H2,1-5H3,(H,22,23);1H. The zero-order valence-corrected chi connectivity index (χ0v) is 21.4. The first kappa shape index (κ1) is 26.8. The Balaban J connectivity index is 0.00000450. The summed E-state index contributed by atoms with van der Waals surface area (Å²) in [6.45, 7) is 12.2. The topological polar surface area (TPSA) is 83.5 Å². The van der Waals surface area contributed by atoms with Crippen LogP contribution in [0.1, 0.15) is 53.4 Å². The molecule has 2 rings (SSSR count). The number of rotatable bonds is 4. The number of halogens is 1. The van der Waals surface area contributed by atoms with E-state index >= 15 is 0 Å². The molecule has 2 fully saturated rings. The number of carbonyl (C=O) groups is 2. The van der Waals surface area contributed by atoms with Crippen LogP contribution in [-0.2, 0) is 14.3 Å². The molecule has 30 heavy (non-hydrogen) atoms. The Morgan fingerprint density at radius 3 is 2.33 bits per heavy atom. The molecule has 2 aliphatic rings. The van der Waals surface area contributed by atoms with Crippen molar-refractivity contribution in [3.05, 3.63) is 0 Å². The third-order valence-corrected chi connectivity index (χ3v) is 5.33. The molecule has 0 radical (unpaired) electrons. The fourth-order valence-corrected chi connectivity index (χ4v) is 3.84. The van der Waals surface area contributed by atoms with E-state index in [2.05, 4.69) is 17.1 Å². The average molecular weight is 538 g/mol. The Hall–Kier alpha value is -1.26. The quantitative estimate of drug-likeness (QED) is 0.257. The molecule has 0 aromatic rings.